The second kappa shape index (κ2) is 11.8. The molecule has 0 bridgehead atoms. The van der Waals surface area contributed by atoms with E-state index in [9.17, 15) is 46.5 Å². The number of nitro groups is 1. The Morgan fingerprint density at radius 2 is 1.62 bits per heavy atom. The predicted octanol–water partition coefficient (Wildman–Crippen LogP) is 7.37. The first-order chi connectivity index (χ1) is 18.7. The molecule has 0 atom stereocenters. The maximum Gasteiger partial charge on any atom is 0.416 e. The molecular formula is C26H17F6N3O5. The van der Waals surface area contributed by atoms with Gasteiger partial charge in [0.1, 0.15) is 11.6 Å². The third-order valence-corrected chi connectivity index (χ3v) is 5.09. The first-order valence-corrected chi connectivity index (χ1v) is 11.1. The molecule has 3 rings (SSSR count). The van der Waals surface area contributed by atoms with Crippen molar-refractivity contribution in [3.05, 3.63) is 93.0 Å². The minimum Gasteiger partial charge on any atom is -0.490 e. The van der Waals surface area contributed by atoms with Crippen LogP contribution < -0.4 is 14.8 Å². The molecule has 3 aromatic carbocycles. The number of rotatable bonds is 8. The summed E-state index contributed by atoms with van der Waals surface area (Å²) >= 11 is 0. The second-order valence-electron chi connectivity index (χ2n) is 7.88. The lowest BCUT2D eigenvalue weighted by molar-refractivity contribution is -0.385. The molecule has 0 aliphatic rings. The summed E-state index contributed by atoms with van der Waals surface area (Å²) in [5.41, 5.74) is -3.67. The number of nitrogens with zero attached hydrogens (tertiary/aromatic N) is 2. The van der Waals surface area contributed by atoms with Gasteiger partial charge in [-0.1, -0.05) is 12.1 Å². The van der Waals surface area contributed by atoms with Gasteiger partial charge in [0.15, 0.2) is 11.5 Å². The molecule has 0 unspecified atom stereocenters. The van der Waals surface area contributed by atoms with Crippen molar-refractivity contribution in [2.24, 2.45) is 0 Å². The van der Waals surface area contributed by atoms with Crippen molar-refractivity contribution in [2.45, 2.75) is 19.3 Å². The first kappa shape index (κ1) is 29.5. The molecule has 0 aliphatic carbocycles. The van der Waals surface area contributed by atoms with Crippen LogP contribution in [0.2, 0.25) is 0 Å². The van der Waals surface area contributed by atoms with E-state index in [1.54, 1.807) is 13.0 Å². The maximum absolute atomic E-state index is 13.0. The Labute approximate surface area is 222 Å². The van der Waals surface area contributed by atoms with Gasteiger partial charge in [0.05, 0.1) is 22.7 Å². The molecule has 0 aromatic heterocycles. The van der Waals surface area contributed by atoms with Crippen LogP contribution in [-0.4, -0.2) is 17.4 Å². The van der Waals surface area contributed by atoms with E-state index in [1.807, 2.05) is 0 Å². The molecule has 0 fully saturated rings. The summed E-state index contributed by atoms with van der Waals surface area (Å²) in [6, 6.07) is 11.1. The van der Waals surface area contributed by atoms with Crippen LogP contribution in [0.3, 0.4) is 0 Å². The molecule has 40 heavy (non-hydrogen) atoms. The van der Waals surface area contributed by atoms with Crippen molar-refractivity contribution < 1.29 is 45.5 Å². The van der Waals surface area contributed by atoms with E-state index in [0.29, 0.717) is 18.2 Å². The van der Waals surface area contributed by atoms with Crippen molar-refractivity contribution >= 4 is 23.4 Å². The van der Waals surface area contributed by atoms with Gasteiger partial charge >= 0.3 is 18.0 Å². The van der Waals surface area contributed by atoms with Crippen LogP contribution >= 0.6 is 0 Å². The maximum atomic E-state index is 13.0. The Hall–Kier alpha value is -5.06. The fourth-order valence-electron chi connectivity index (χ4n) is 3.30. The number of nitrogens with one attached hydrogen (secondary N) is 1. The molecule has 0 heterocycles. The average Bonchev–Trinajstić information content (AvgIpc) is 2.87. The zero-order chi connectivity index (χ0) is 29.7. The summed E-state index contributed by atoms with van der Waals surface area (Å²) in [7, 11) is 0. The van der Waals surface area contributed by atoms with E-state index < -0.39 is 51.3 Å². The summed E-state index contributed by atoms with van der Waals surface area (Å²) < 4.78 is 88.7. The van der Waals surface area contributed by atoms with Crippen LogP contribution in [0.25, 0.3) is 6.08 Å². The van der Waals surface area contributed by atoms with Crippen molar-refractivity contribution in [1.82, 2.24) is 0 Å². The van der Waals surface area contributed by atoms with Crippen molar-refractivity contribution in [3.63, 3.8) is 0 Å². The van der Waals surface area contributed by atoms with Gasteiger partial charge in [-0.15, -0.1) is 0 Å². The van der Waals surface area contributed by atoms with Crippen molar-refractivity contribution in [1.29, 1.82) is 5.26 Å². The minimum atomic E-state index is -4.82. The smallest absolute Gasteiger partial charge is 0.416 e. The third-order valence-electron chi connectivity index (χ3n) is 5.09. The van der Waals surface area contributed by atoms with Gasteiger partial charge in [-0.3, -0.25) is 14.9 Å². The van der Waals surface area contributed by atoms with Crippen molar-refractivity contribution in [2.75, 3.05) is 11.9 Å². The number of nitro benzene ring substituents is 1. The van der Waals surface area contributed by atoms with E-state index in [1.165, 1.54) is 24.3 Å². The van der Waals surface area contributed by atoms with E-state index in [2.05, 4.69) is 5.32 Å². The highest BCUT2D eigenvalue weighted by molar-refractivity contribution is 6.09. The summed E-state index contributed by atoms with van der Waals surface area (Å²) in [5.74, 6) is -1.64. The zero-order valence-electron chi connectivity index (χ0n) is 20.3. The fourth-order valence-corrected chi connectivity index (χ4v) is 3.30. The molecular weight excluding hydrogens is 548 g/mol. The van der Waals surface area contributed by atoms with E-state index in [0.717, 1.165) is 24.3 Å². The molecule has 0 radical (unpaired) electrons. The molecule has 8 nitrogen and oxygen atoms in total. The Morgan fingerprint density at radius 3 is 2.23 bits per heavy atom. The molecule has 3 aromatic rings. The average molecular weight is 565 g/mol. The minimum absolute atomic E-state index is 0.0268. The lowest BCUT2D eigenvalue weighted by atomic mass is 10.1. The highest BCUT2D eigenvalue weighted by Gasteiger charge is 2.34. The van der Waals surface area contributed by atoms with Gasteiger partial charge in [0, 0.05) is 11.8 Å². The zero-order valence-corrected chi connectivity index (χ0v) is 20.3. The van der Waals surface area contributed by atoms with Crippen LogP contribution in [0, 0.1) is 21.4 Å². The number of hydrogen-bond donors (Lipinski definition) is 1. The molecule has 0 spiro atoms. The SMILES string of the molecule is CCOc1cc(/C=C(\C#N)C(=O)Nc2cccc(C(F)(F)F)c2)ccc1Oc1ccc(C(F)(F)F)cc1[N+](=O)[O-]. The standard InChI is InChI=1S/C26H17F6N3O5/c1-2-39-23-11-15(10-16(14-33)24(36)34-19-5-3-4-17(12-19)25(27,28)29)6-8-22(23)40-21-9-7-18(26(30,31)32)13-20(21)35(37)38/h3-13H,2H2,1H3,(H,34,36)/b16-10+. The van der Waals surface area contributed by atoms with Crippen LogP contribution in [0.5, 0.6) is 17.2 Å². The molecule has 1 amide bonds. The molecule has 0 saturated carbocycles. The van der Waals surface area contributed by atoms with E-state index in [4.69, 9.17) is 9.47 Å². The topological polar surface area (TPSA) is 114 Å². The first-order valence-electron chi connectivity index (χ1n) is 11.1. The van der Waals surface area contributed by atoms with Gasteiger partial charge in [-0.05, 0) is 61.0 Å². The Balaban J connectivity index is 1.91. The number of nitriles is 1. The largest absolute Gasteiger partial charge is 0.490 e. The number of alkyl halides is 6. The quantitative estimate of drug-likeness (QED) is 0.100. The van der Waals surface area contributed by atoms with E-state index in [-0.39, 0.29) is 29.4 Å². The number of carbonyl (C=O) groups excluding carboxylic acids is 1. The molecule has 208 valence electrons. The molecule has 1 N–H and O–H groups in total. The number of hydrogen-bond acceptors (Lipinski definition) is 6. The lowest BCUT2D eigenvalue weighted by Crippen LogP contribution is -2.14. The predicted molar refractivity (Wildman–Crippen MR) is 129 cm³/mol. The van der Waals surface area contributed by atoms with E-state index >= 15 is 0 Å². The number of halogens is 6. The highest BCUT2D eigenvalue weighted by Crippen LogP contribution is 2.40. The Kier molecular flexibility index (Phi) is 8.68. The lowest BCUT2D eigenvalue weighted by Gasteiger charge is -2.14. The van der Waals surface area contributed by atoms with Gasteiger partial charge in [0.25, 0.3) is 5.91 Å². The van der Waals surface area contributed by atoms with Crippen LogP contribution in [0.1, 0.15) is 23.6 Å². The summed E-state index contributed by atoms with van der Waals surface area (Å²) in [5, 5.41) is 23.0. The number of benzene rings is 3. The number of ether oxygens (including phenoxy) is 2. The van der Waals surface area contributed by atoms with Crippen LogP contribution in [-0.2, 0) is 17.1 Å². The molecule has 14 heteroatoms. The Morgan fingerprint density at radius 1 is 0.975 bits per heavy atom. The Bertz CT molecular complexity index is 1510. The molecule has 0 saturated heterocycles. The summed E-state index contributed by atoms with van der Waals surface area (Å²) in [6.07, 6.45) is -8.36. The number of carbonyl (C=O) groups is 1. The van der Waals surface area contributed by atoms with Crippen molar-refractivity contribution in [3.8, 4) is 23.3 Å². The normalized spacial score (nSPS) is 11.9. The number of amides is 1. The fraction of sp³-hybridized carbons (Fsp3) is 0.154. The molecule has 0 aliphatic heterocycles. The van der Waals surface area contributed by atoms with Crippen LogP contribution in [0.15, 0.2) is 66.2 Å². The highest BCUT2D eigenvalue weighted by atomic mass is 19.4. The van der Waals surface area contributed by atoms with Gasteiger partial charge in [0.2, 0.25) is 5.75 Å². The summed E-state index contributed by atoms with van der Waals surface area (Å²) in [6.45, 7) is 1.66. The van der Waals surface area contributed by atoms with Gasteiger partial charge in [-0.2, -0.15) is 31.6 Å². The van der Waals surface area contributed by atoms with Crippen LogP contribution in [0.4, 0.5) is 37.7 Å². The van der Waals surface area contributed by atoms with Gasteiger partial charge < -0.3 is 14.8 Å². The number of anilines is 1. The second-order valence-corrected chi connectivity index (χ2v) is 7.88. The third kappa shape index (κ3) is 7.28. The monoisotopic (exact) mass is 565 g/mol. The summed E-state index contributed by atoms with van der Waals surface area (Å²) in [4.78, 5) is 22.9. The van der Waals surface area contributed by atoms with Gasteiger partial charge in [-0.25, -0.2) is 0 Å².